The number of carbonyl (C=O) groups is 1. The van der Waals surface area contributed by atoms with Gasteiger partial charge in [0.05, 0.1) is 10.6 Å². The van der Waals surface area contributed by atoms with Gasteiger partial charge in [0.1, 0.15) is 5.82 Å². The van der Waals surface area contributed by atoms with Crippen LogP contribution in [0.2, 0.25) is 5.02 Å². The fraction of sp³-hybridized carbons (Fsp3) is 0.0769. The molecule has 0 amide bonds. The molecule has 0 aliphatic rings. The van der Waals surface area contributed by atoms with Gasteiger partial charge in [0, 0.05) is 16.4 Å². The molecule has 0 radical (unpaired) electrons. The molecule has 0 spiro atoms. The van der Waals surface area contributed by atoms with Crippen LogP contribution in [0.25, 0.3) is 0 Å². The highest BCUT2D eigenvalue weighted by Crippen LogP contribution is 2.27. The van der Waals surface area contributed by atoms with Crippen LogP contribution in [0.4, 0.5) is 11.5 Å². The van der Waals surface area contributed by atoms with Crippen molar-refractivity contribution in [2.45, 2.75) is 6.92 Å². The van der Waals surface area contributed by atoms with Crippen molar-refractivity contribution in [2.24, 2.45) is 0 Å². The lowest BCUT2D eigenvalue weighted by Gasteiger charge is -2.09. The Bertz CT molecular complexity index is 647. The lowest BCUT2D eigenvalue weighted by atomic mass is 10.2. The van der Waals surface area contributed by atoms with Gasteiger partial charge in [0.15, 0.2) is 0 Å². The molecule has 19 heavy (non-hydrogen) atoms. The molecule has 2 aromatic rings. The Morgan fingerprint density at radius 3 is 2.74 bits per heavy atom. The van der Waals surface area contributed by atoms with Crippen LogP contribution in [0.3, 0.4) is 0 Å². The van der Waals surface area contributed by atoms with Crippen LogP contribution in [0, 0.1) is 6.92 Å². The van der Waals surface area contributed by atoms with E-state index in [1.807, 2.05) is 25.1 Å². The van der Waals surface area contributed by atoms with E-state index in [4.69, 9.17) is 16.7 Å². The van der Waals surface area contributed by atoms with E-state index in [0.717, 1.165) is 15.7 Å². The Labute approximate surface area is 123 Å². The molecule has 0 atom stereocenters. The largest absolute Gasteiger partial charge is 0.478 e. The van der Waals surface area contributed by atoms with Crippen LogP contribution >= 0.6 is 27.5 Å². The Morgan fingerprint density at radius 2 is 2.16 bits per heavy atom. The first kappa shape index (κ1) is 13.8. The predicted octanol–water partition coefficient (Wildman–Crippen LogP) is 4.25. The zero-order valence-electron chi connectivity index (χ0n) is 9.95. The summed E-state index contributed by atoms with van der Waals surface area (Å²) in [6.07, 6.45) is 1.26. The van der Waals surface area contributed by atoms with Crippen LogP contribution in [-0.4, -0.2) is 16.1 Å². The summed E-state index contributed by atoms with van der Waals surface area (Å²) in [5.74, 6) is -0.638. The van der Waals surface area contributed by atoms with Gasteiger partial charge in [0.2, 0.25) is 0 Å². The van der Waals surface area contributed by atoms with Gasteiger partial charge in [-0.2, -0.15) is 0 Å². The summed E-state index contributed by atoms with van der Waals surface area (Å²) in [7, 11) is 0. The molecule has 0 unspecified atom stereocenters. The number of hydrogen-bond donors (Lipinski definition) is 2. The molecule has 0 saturated heterocycles. The molecule has 0 bridgehead atoms. The molecule has 0 fully saturated rings. The van der Waals surface area contributed by atoms with Crippen molar-refractivity contribution < 1.29 is 9.90 Å². The molecule has 4 nitrogen and oxygen atoms in total. The van der Waals surface area contributed by atoms with Crippen LogP contribution < -0.4 is 5.32 Å². The van der Waals surface area contributed by atoms with Crippen molar-refractivity contribution in [2.75, 3.05) is 5.32 Å². The Balaban J connectivity index is 2.28. The van der Waals surface area contributed by atoms with Crippen molar-refractivity contribution in [3.05, 3.63) is 51.1 Å². The second-order valence-corrected chi connectivity index (χ2v) is 5.21. The number of halogens is 2. The average Bonchev–Trinajstić information content (AvgIpc) is 2.36. The van der Waals surface area contributed by atoms with E-state index < -0.39 is 5.97 Å². The van der Waals surface area contributed by atoms with E-state index >= 15 is 0 Å². The number of hydrogen-bond acceptors (Lipinski definition) is 3. The molecule has 1 heterocycles. The van der Waals surface area contributed by atoms with Crippen molar-refractivity contribution in [1.82, 2.24) is 4.98 Å². The number of aromatic nitrogens is 1. The SMILES string of the molecule is Cc1ccc(Nc2ncc(C(=O)O)cc2Cl)cc1Br. The van der Waals surface area contributed by atoms with E-state index in [-0.39, 0.29) is 10.6 Å². The summed E-state index contributed by atoms with van der Waals surface area (Å²) in [5, 5.41) is 12.1. The minimum absolute atomic E-state index is 0.0561. The Morgan fingerprint density at radius 1 is 1.42 bits per heavy atom. The molecule has 2 N–H and O–H groups in total. The van der Waals surface area contributed by atoms with Gasteiger partial charge in [-0.05, 0) is 30.7 Å². The molecule has 0 aliphatic heterocycles. The van der Waals surface area contributed by atoms with Crippen molar-refractivity contribution in [3.8, 4) is 0 Å². The summed E-state index contributed by atoms with van der Waals surface area (Å²) in [6, 6.07) is 7.11. The molecule has 1 aromatic heterocycles. The van der Waals surface area contributed by atoms with Gasteiger partial charge in [-0.1, -0.05) is 33.6 Å². The summed E-state index contributed by atoms with van der Waals surface area (Å²) < 4.78 is 0.968. The second-order valence-electron chi connectivity index (χ2n) is 3.95. The van der Waals surface area contributed by atoms with Crippen LogP contribution in [-0.2, 0) is 0 Å². The molecule has 6 heteroatoms. The number of pyridine rings is 1. The highest BCUT2D eigenvalue weighted by molar-refractivity contribution is 9.10. The number of nitrogens with zero attached hydrogens (tertiary/aromatic N) is 1. The average molecular weight is 342 g/mol. The smallest absolute Gasteiger partial charge is 0.337 e. The van der Waals surface area contributed by atoms with Gasteiger partial charge in [0.25, 0.3) is 0 Å². The Kier molecular flexibility index (Phi) is 4.07. The molecule has 98 valence electrons. The van der Waals surface area contributed by atoms with Gasteiger partial charge in [-0.25, -0.2) is 9.78 Å². The topological polar surface area (TPSA) is 62.2 Å². The summed E-state index contributed by atoms with van der Waals surface area (Å²) in [5.41, 5.74) is 1.99. The number of aromatic carboxylic acids is 1. The van der Waals surface area contributed by atoms with Gasteiger partial charge in [-0.15, -0.1) is 0 Å². The van der Waals surface area contributed by atoms with E-state index in [2.05, 4.69) is 26.2 Å². The van der Waals surface area contributed by atoms with E-state index in [1.165, 1.54) is 12.3 Å². The number of aryl methyl sites for hydroxylation is 1. The third-order valence-electron chi connectivity index (χ3n) is 2.52. The molecule has 1 aromatic carbocycles. The summed E-state index contributed by atoms with van der Waals surface area (Å²) >= 11 is 9.43. The first-order valence-corrected chi connectivity index (χ1v) is 6.56. The standard InChI is InChI=1S/C13H10BrClN2O2/c1-7-2-3-9(5-10(7)14)17-12-11(15)4-8(6-16-12)13(18)19/h2-6H,1H3,(H,16,17)(H,18,19). The quantitative estimate of drug-likeness (QED) is 0.876. The van der Waals surface area contributed by atoms with Gasteiger partial charge < -0.3 is 10.4 Å². The fourth-order valence-electron chi connectivity index (χ4n) is 1.45. The molecule has 0 saturated carbocycles. The lowest BCUT2D eigenvalue weighted by molar-refractivity contribution is 0.0696. The molecule has 2 rings (SSSR count). The monoisotopic (exact) mass is 340 g/mol. The maximum absolute atomic E-state index is 10.8. The van der Waals surface area contributed by atoms with Crippen molar-refractivity contribution in [3.63, 3.8) is 0 Å². The Hall–Kier alpha value is -1.59. The molecular weight excluding hydrogens is 332 g/mol. The van der Waals surface area contributed by atoms with Crippen molar-refractivity contribution in [1.29, 1.82) is 0 Å². The van der Waals surface area contributed by atoms with Crippen LogP contribution in [0.5, 0.6) is 0 Å². The third-order valence-corrected chi connectivity index (χ3v) is 3.67. The first-order valence-electron chi connectivity index (χ1n) is 5.39. The van der Waals surface area contributed by atoms with Crippen molar-refractivity contribution >= 4 is 45.0 Å². The number of carboxylic acids is 1. The zero-order chi connectivity index (χ0) is 14.0. The maximum atomic E-state index is 10.8. The molecular formula is C13H10BrClN2O2. The van der Waals surface area contributed by atoms with Crippen LogP contribution in [0.1, 0.15) is 15.9 Å². The van der Waals surface area contributed by atoms with E-state index in [1.54, 1.807) is 0 Å². The minimum atomic E-state index is -1.06. The highest BCUT2D eigenvalue weighted by Gasteiger charge is 2.09. The van der Waals surface area contributed by atoms with Gasteiger partial charge in [-0.3, -0.25) is 0 Å². The zero-order valence-corrected chi connectivity index (χ0v) is 12.3. The number of carboxylic acid groups (broad SMARTS) is 1. The predicted molar refractivity (Wildman–Crippen MR) is 78.4 cm³/mol. The fourth-order valence-corrected chi connectivity index (χ4v) is 2.05. The second kappa shape index (κ2) is 5.59. The van der Waals surface area contributed by atoms with E-state index in [0.29, 0.717) is 5.82 Å². The number of benzene rings is 1. The summed E-state index contributed by atoms with van der Waals surface area (Å²) in [4.78, 5) is 14.8. The van der Waals surface area contributed by atoms with Gasteiger partial charge >= 0.3 is 5.97 Å². The number of anilines is 2. The maximum Gasteiger partial charge on any atom is 0.337 e. The summed E-state index contributed by atoms with van der Waals surface area (Å²) in [6.45, 7) is 1.99. The third kappa shape index (κ3) is 3.24. The normalized spacial score (nSPS) is 10.3. The number of rotatable bonds is 3. The first-order chi connectivity index (χ1) is 8.97. The minimum Gasteiger partial charge on any atom is -0.478 e. The lowest BCUT2D eigenvalue weighted by Crippen LogP contribution is -2.00. The van der Waals surface area contributed by atoms with Crippen LogP contribution in [0.15, 0.2) is 34.9 Å². The highest BCUT2D eigenvalue weighted by atomic mass is 79.9. The van der Waals surface area contributed by atoms with E-state index in [9.17, 15) is 4.79 Å². The molecule has 0 aliphatic carbocycles. The number of nitrogens with one attached hydrogen (secondary N) is 1.